The number of aromatic nitrogens is 1. The van der Waals surface area contributed by atoms with Gasteiger partial charge in [0, 0.05) is 17.0 Å². The zero-order valence-electron chi connectivity index (χ0n) is 25.5. The maximum atomic E-state index is 13.3. The number of nitrogens with one attached hydrogen (secondary N) is 5. The third-order valence-corrected chi connectivity index (χ3v) is 7.78. The van der Waals surface area contributed by atoms with Gasteiger partial charge in [-0.15, -0.1) is 0 Å². The van der Waals surface area contributed by atoms with Crippen LogP contribution in [0.4, 0.5) is 4.79 Å². The number of carbonyl (C=O) groups excluding carboxylic acids is 1. The van der Waals surface area contributed by atoms with E-state index in [9.17, 15) is 4.79 Å². The summed E-state index contributed by atoms with van der Waals surface area (Å²) in [7, 11) is 0. The van der Waals surface area contributed by atoms with Crippen molar-refractivity contribution in [1.29, 1.82) is 10.8 Å². The molecule has 2 aromatic rings. The number of nitrogens with two attached hydrogens (primary N) is 1. The molecule has 2 heterocycles. The normalized spacial score (nSPS) is 20.1. The number of hydrogen-bond donors (Lipinski definition) is 6. The highest BCUT2D eigenvalue weighted by atomic mass is 16.5. The molecule has 4 rings (SSSR count). The van der Waals surface area contributed by atoms with Crippen LogP contribution in [0.1, 0.15) is 83.6 Å². The summed E-state index contributed by atoms with van der Waals surface area (Å²) in [4.78, 5) is 18.2. The lowest BCUT2D eigenvalue weighted by Gasteiger charge is -2.32. The Balaban J connectivity index is 1.50. The van der Waals surface area contributed by atoms with Gasteiger partial charge in [-0.2, -0.15) is 0 Å². The molecule has 1 saturated heterocycles. The van der Waals surface area contributed by atoms with E-state index in [1.54, 1.807) is 29.0 Å². The van der Waals surface area contributed by atoms with Crippen LogP contribution in [0.3, 0.4) is 0 Å². The quantitative estimate of drug-likeness (QED) is 0.218. The second kappa shape index (κ2) is 13.4. The van der Waals surface area contributed by atoms with Crippen LogP contribution in [0.15, 0.2) is 59.4 Å². The molecule has 10 heteroatoms. The van der Waals surface area contributed by atoms with E-state index in [0.29, 0.717) is 36.0 Å². The molecular weight excluding hydrogens is 528 g/mol. The average molecular weight is 575 g/mol. The van der Waals surface area contributed by atoms with Crippen LogP contribution in [-0.2, 0) is 0 Å². The first-order valence-electron chi connectivity index (χ1n) is 14.9. The minimum absolute atomic E-state index is 0.0200. The van der Waals surface area contributed by atoms with Gasteiger partial charge in [0.25, 0.3) is 0 Å². The van der Waals surface area contributed by atoms with Gasteiger partial charge in [0.15, 0.2) is 0 Å². The Morgan fingerprint density at radius 2 is 1.81 bits per heavy atom. The van der Waals surface area contributed by atoms with Crippen molar-refractivity contribution in [2.45, 2.75) is 78.5 Å². The zero-order chi connectivity index (χ0) is 30.4. The van der Waals surface area contributed by atoms with E-state index < -0.39 is 0 Å². The highest BCUT2D eigenvalue weighted by molar-refractivity contribution is 6.04. The molecule has 1 aliphatic carbocycles. The summed E-state index contributed by atoms with van der Waals surface area (Å²) >= 11 is 0. The zero-order valence-corrected chi connectivity index (χ0v) is 25.5. The molecule has 1 fully saturated rings. The van der Waals surface area contributed by atoms with Gasteiger partial charge in [0.1, 0.15) is 29.0 Å². The van der Waals surface area contributed by atoms with Crippen LogP contribution in [0, 0.1) is 22.2 Å². The molecule has 2 aliphatic rings. The molecule has 1 aromatic carbocycles. The number of ether oxygens (including phenoxy) is 1. The predicted molar refractivity (Wildman–Crippen MR) is 167 cm³/mol. The van der Waals surface area contributed by atoms with E-state index >= 15 is 0 Å². The summed E-state index contributed by atoms with van der Waals surface area (Å²) in [6.07, 6.45) is 6.49. The Kier molecular flexibility index (Phi) is 9.88. The lowest BCUT2D eigenvalue weighted by atomic mass is 9.85. The smallest absolute Gasteiger partial charge is 0.320 e. The summed E-state index contributed by atoms with van der Waals surface area (Å²) < 4.78 is 7.96. The number of fused-ring (bicyclic) bond motifs is 1. The van der Waals surface area contributed by atoms with Crippen molar-refractivity contribution >= 4 is 17.7 Å². The molecule has 1 aromatic heterocycles. The fraction of sp³-hybridized carbons (Fsp3) is 0.500. The Hall–Kier alpha value is -3.92. The maximum Gasteiger partial charge on any atom is 0.320 e. The number of amides is 2. The van der Waals surface area contributed by atoms with E-state index in [2.05, 4.69) is 16.0 Å². The van der Waals surface area contributed by atoms with Crippen molar-refractivity contribution in [3.63, 3.8) is 0 Å². The van der Waals surface area contributed by atoms with E-state index in [1.807, 2.05) is 58.9 Å². The minimum Gasteiger partial charge on any atom is -0.484 e. The second-order valence-corrected chi connectivity index (χ2v) is 12.5. The first-order valence-corrected chi connectivity index (χ1v) is 14.9. The molecule has 7 N–H and O–H groups in total. The second-order valence-electron chi connectivity index (χ2n) is 12.5. The van der Waals surface area contributed by atoms with Crippen molar-refractivity contribution in [2.75, 3.05) is 13.1 Å². The van der Waals surface area contributed by atoms with Crippen molar-refractivity contribution in [1.82, 2.24) is 20.5 Å². The van der Waals surface area contributed by atoms with Crippen LogP contribution in [-0.4, -0.2) is 41.4 Å². The molecule has 2 atom stereocenters. The molecule has 226 valence electrons. The number of benzene rings is 1. The number of amidine groups is 1. The van der Waals surface area contributed by atoms with Gasteiger partial charge in [-0.25, -0.2) is 4.79 Å². The molecule has 2 amide bonds. The molecule has 0 spiro atoms. The summed E-state index contributed by atoms with van der Waals surface area (Å²) in [6, 6.07) is 11.0. The summed E-state index contributed by atoms with van der Waals surface area (Å²) in [5.41, 5.74) is 9.02. The first-order chi connectivity index (χ1) is 19.9. The van der Waals surface area contributed by atoms with Crippen molar-refractivity contribution in [3.05, 3.63) is 71.0 Å². The summed E-state index contributed by atoms with van der Waals surface area (Å²) in [5.74, 6) is 1.40. The van der Waals surface area contributed by atoms with Gasteiger partial charge >= 0.3 is 6.03 Å². The Morgan fingerprint density at radius 3 is 2.48 bits per heavy atom. The Labute approximate surface area is 248 Å². The standard InChI is InChI=1S/C32H46N8O2/c1-20(2)30(35)40-19-22(10-13-28(40)34)42-26-12-11-25(23-8-6-7-9-24(23)26)38-31(41)39-29(18-27(33)32(3,4)5)37-21-14-16-36-17-15-21/h6-10,13,18-21,25-26,34-36H,11-12,14-17,33H2,1-5H3,(H2,37,38,39,41)/b27-18-,34-28?,35-30?/t25-,26+/m0/s1. The number of rotatable bonds is 6. The van der Waals surface area contributed by atoms with Crippen LogP contribution in [0.25, 0.3) is 0 Å². The van der Waals surface area contributed by atoms with Gasteiger partial charge in [0.2, 0.25) is 0 Å². The fourth-order valence-electron chi connectivity index (χ4n) is 5.13. The molecule has 0 saturated carbocycles. The van der Waals surface area contributed by atoms with Gasteiger partial charge in [-0.3, -0.25) is 25.7 Å². The highest BCUT2D eigenvalue weighted by Crippen LogP contribution is 2.38. The monoisotopic (exact) mass is 574 g/mol. The number of nitrogens with zero attached hydrogens (tertiary/aromatic N) is 2. The summed E-state index contributed by atoms with van der Waals surface area (Å²) in [5, 5.41) is 26.1. The van der Waals surface area contributed by atoms with Crippen LogP contribution in [0.2, 0.25) is 0 Å². The van der Waals surface area contributed by atoms with Crippen molar-refractivity contribution < 1.29 is 9.53 Å². The third kappa shape index (κ3) is 7.88. The fourth-order valence-corrected chi connectivity index (χ4v) is 5.13. The number of hydrogen-bond acceptors (Lipinski definition) is 7. The minimum atomic E-state index is -0.320. The Morgan fingerprint density at radius 1 is 1.12 bits per heavy atom. The van der Waals surface area contributed by atoms with Crippen molar-refractivity contribution in [3.8, 4) is 5.75 Å². The van der Waals surface area contributed by atoms with Crippen LogP contribution >= 0.6 is 0 Å². The number of aliphatic imine (C=N–C) groups is 1. The SMILES string of the molecule is CC(C)C(=N)n1cc(O[C@@H]2CC[C@H](NC(=O)NC(/C=C(\N)C(C)(C)C)=NC3CCNCC3)c3ccccc32)ccc1=N. The van der Waals surface area contributed by atoms with E-state index in [-0.39, 0.29) is 41.0 Å². The molecule has 0 radical (unpaired) electrons. The Bertz CT molecular complexity index is 1400. The van der Waals surface area contributed by atoms with E-state index in [0.717, 1.165) is 37.1 Å². The molecule has 1 aliphatic heterocycles. The number of pyridine rings is 1. The molecule has 10 nitrogen and oxygen atoms in total. The van der Waals surface area contributed by atoms with Gasteiger partial charge in [-0.05, 0) is 68.1 Å². The molecule has 0 unspecified atom stereocenters. The van der Waals surface area contributed by atoms with Gasteiger partial charge in [0.05, 0.1) is 18.3 Å². The number of allylic oxidation sites excluding steroid dienone is 1. The number of urea groups is 1. The maximum absolute atomic E-state index is 13.3. The number of piperidine rings is 1. The van der Waals surface area contributed by atoms with Crippen LogP contribution in [0.5, 0.6) is 5.75 Å². The number of carbonyl (C=O) groups is 1. The van der Waals surface area contributed by atoms with Crippen LogP contribution < -0.4 is 31.9 Å². The van der Waals surface area contributed by atoms with Crippen molar-refractivity contribution in [2.24, 2.45) is 22.1 Å². The molecular formula is C32H46N8O2. The predicted octanol–water partition coefficient (Wildman–Crippen LogP) is 4.74. The summed E-state index contributed by atoms with van der Waals surface area (Å²) in [6.45, 7) is 11.8. The van der Waals surface area contributed by atoms with E-state index in [4.69, 9.17) is 26.3 Å². The average Bonchev–Trinajstić information content (AvgIpc) is 2.94. The molecule has 0 bridgehead atoms. The lowest BCUT2D eigenvalue weighted by molar-refractivity contribution is 0.171. The first kappa shape index (κ1) is 31.0. The largest absolute Gasteiger partial charge is 0.484 e. The van der Waals surface area contributed by atoms with Gasteiger partial charge < -0.3 is 21.1 Å². The molecule has 42 heavy (non-hydrogen) atoms. The van der Waals surface area contributed by atoms with Gasteiger partial charge in [-0.1, -0.05) is 58.9 Å². The topological polar surface area (TPSA) is 153 Å². The highest BCUT2D eigenvalue weighted by Gasteiger charge is 2.30. The van der Waals surface area contributed by atoms with E-state index in [1.165, 1.54) is 0 Å². The lowest BCUT2D eigenvalue weighted by Crippen LogP contribution is -2.43. The third-order valence-electron chi connectivity index (χ3n) is 7.78.